The van der Waals surface area contributed by atoms with Gasteiger partial charge in [-0.3, -0.25) is 0 Å². The van der Waals surface area contributed by atoms with Gasteiger partial charge < -0.3 is 14.4 Å². The zero-order valence-corrected chi connectivity index (χ0v) is 9.79. The van der Waals surface area contributed by atoms with E-state index in [0.717, 1.165) is 6.42 Å². The van der Waals surface area contributed by atoms with Gasteiger partial charge in [-0.05, 0) is 29.8 Å². The van der Waals surface area contributed by atoms with Crippen LogP contribution in [0.15, 0.2) is 28.8 Å². The lowest BCUT2D eigenvalue weighted by Crippen LogP contribution is -1.98. The predicted octanol–water partition coefficient (Wildman–Crippen LogP) is 2.22. The van der Waals surface area contributed by atoms with Crippen LogP contribution < -0.4 is 4.74 Å². The number of carboxylic acid groups (broad SMARTS) is 1. The topological polar surface area (TPSA) is 85.5 Å². The molecule has 94 valence electrons. The van der Waals surface area contributed by atoms with Crippen molar-refractivity contribution in [3.05, 3.63) is 30.1 Å². The highest BCUT2D eigenvalue weighted by Crippen LogP contribution is 2.22. The van der Waals surface area contributed by atoms with Crippen LogP contribution in [-0.2, 0) is 0 Å². The molecular weight excluding hydrogens is 236 g/mol. The molecule has 1 aromatic carbocycles. The average molecular weight is 248 g/mol. The second-order valence-electron chi connectivity index (χ2n) is 3.60. The monoisotopic (exact) mass is 248 g/mol. The van der Waals surface area contributed by atoms with Crippen molar-refractivity contribution >= 4 is 5.97 Å². The Labute approximate surface area is 103 Å². The lowest BCUT2D eigenvalue weighted by atomic mass is 10.2. The van der Waals surface area contributed by atoms with Gasteiger partial charge >= 0.3 is 5.97 Å². The summed E-state index contributed by atoms with van der Waals surface area (Å²) in [4.78, 5) is 14.4. The summed E-state index contributed by atoms with van der Waals surface area (Å²) in [5.41, 5.74) is 0.628. The minimum atomic E-state index is -1.22. The third-order valence-electron chi connectivity index (χ3n) is 2.17. The van der Waals surface area contributed by atoms with Gasteiger partial charge in [0.25, 0.3) is 11.7 Å². The molecule has 0 radical (unpaired) electrons. The molecule has 2 rings (SSSR count). The lowest BCUT2D eigenvalue weighted by Gasteiger charge is -2.04. The third-order valence-corrected chi connectivity index (χ3v) is 2.17. The number of hydrogen-bond donors (Lipinski definition) is 1. The summed E-state index contributed by atoms with van der Waals surface area (Å²) in [6, 6.07) is 7.07. The standard InChI is InChI=1S/C12H12N2O4/c1-2-6-17-9-5-3-4-8(7-9)11-13-10(12(15)16)14-18-11/h3-5,7H,2,6H2,1H3,(H,15,16). The molecule has 0 aliphatic rings. The molecule has 1 heterocycles. The van der Waals surface area contributed by atoms with E-state index in [-0.39, 0.29) is 11.7 Å². The molecule has 6 nitrogen and oxygen atoms in total. The maximum Gasteiger partial charge on any atom is 0.377 e. The number of aromatic carboxylic acids is 1. The molecule has 0 atom stereocenters. The van der Waals surface area contributed by atoms with E-state index in [1.54, 1.807) is 18.2 Å². The second-order valence-corrected chi connectivity index (χ2v) is 3.60. The van der Waals surface area contributed by atoms with E-state index in [1.165, 1.54) is 0 Å². The fraction of sp³-hybridized carbons (Fsp3) is 0.250. The zero-order chi connectivity index (χ0) is 13.0. The van der Waals surface area contributed by atoms with Crippen molar-refractivity contribution in [2.45, 2.75) is 13.3 Å². The molecule has 0 saturated carbocycles. The first-order valence-corrected chi connectivity index (χ1v) is 5.51. The molecule has 6 heteroatoms. The first-order chi connectivity index (χ1) is 8.70. The van der Waals surface area contributed by atoms with E-state index < -0.39 is 5.97 Å². The fourth-order valence-corrected chi connectivity index (χ4v) is 1.37. The molecule has 0 aliphatic carbocycles. The Balaban J connectivity index is 2.23. The Hall–Kier alpha value is -2.37. The molecule has 1 aromatic heterocycles. The number of carboxylic acids is 1. The number of carbonyl (C=O) groups is 1. The molecule has 1 N–H and O–H groups in total. The van der Waals surface area contributed by atoms with E-state index in [0.29, 0.717) is 17.9 Å². The molecule has 0 fully saturated rings. The summed E-state index contributed by atoms with van der Waals surface area (Å²) in [5.74, 6) is -0.730. The lowest BCUT2D eigenvalue weighted by molar-refractivity contribution is 0.0680. The highest BCUT2D eigenvalue weighted by molar-refractivity contribution is 5.83. The van der Waals surface area contributed by atoms with E-state index in [4.69, 9.17) is 14.4 Å². The van der Waals surface area contributed by atoms with Gasteiger partial charge in [0.2, 0.25) is 0 Å². The van der Waals surface area contributed by atoms with Gasteiger partial charge in [0.15, 0.2) is 0 Å². The van der Waals surface area contributed by atoms with Gasteiger partial charge in [-0.1, -0.05) is 13.0 Å². The van der Waals surface area contributed by atoms with E-state index in [1.807, 2.05) is 13.0 Å². The van der Waals surface area contributed by atoms with Crippen molar-refractivity contribution in [1.82, 2.24) is 10.1 Å². The Bertz CT molecular complexity index is 551. The van der Waals surface area contributed by atoms with Crippen LogP contribution in [0.4, 0.5) is 0 Å². The number of benzene rings is 1. The van der Waals surface area contributed by atoms with Crippen molar-refractivity contribution in [1.29, 1.82) is 0 Å². The maximum atomic E-state index is 10.6. The van der Waals surface area contributed by atoms with Crippen molar-refractivity contribution < 1.29 is 19.2 Å². The van der Waals surface area contributed by atoms with Gasteiger partial charge in [0.05, 0.1) is 6.61 Å². The quantitative estimate of drug-likeness (QED) is 0.873. The van der Waals surface area contributed by atoms with Crippen LogP contribution in [0.2, 0.25) is 0 Å². The van der Waals surface area contributed by atoms with Gasteiger partial charge in [-0.15, -0.1) is 0 Å². The van der Waals surface area contributed by atoms with Gasteiger partial charge in [0, 0.05) is 5.56 Å². The van der Waals surface area contributed by atoms with Crippen LogP contribution in [-0.4, -0.2) is 27.8 Å². The summed E-state index contributed by atoms with van der Waals surface area (Å²) < 4.78 is 10.3. The van der Waals surface area contributed by atoms with Crippen molar-refractivity contribution in [2.24, 2.45) is 0 Å². The average Bonchev–Trinajstić information content (AvgIpc) is 2.86. The number of nitrogens with zero attached hydrogens (tertiary/aromatic N) is 2. The number of aromatic nitrogens is 2. The molecule has 18 heavy (non-hydrogen) atoms. The second kappa shape index (κ2) is 5.31. The number of ether oxygens (including phenoxy) is 1. The molecule has 0 saturated heterocycles. The molecule has 0 aliphatic heterocycles. The molecule has 2 aromatic rings. The largest absolute Gasteiger partial charge is 0.494 e. The van der Waals surface area contributed by atoms with Crippen LogP contribution >= 0.6 is 0 Å². The smallest absolute Gasteiger partial charge is 0.377 e. The molecule has 0 amide bonds. The maximum absolute atomic E-state index is 10.6. The normalized spacial score (nSPS) is 10.3. The van der Waals surface area contributed by atoms with Crippen molar-refractivity contribution in [2.75, 3.05) is 6.61 Å². The summed E-state index contributed by atoms with van der Waals surface area (Å²) in [7, 11) is 0. The molecular formula is C12H12N2O4. The summed E-state index contributed by atoms with van der Waals surface area (Å²) in [6.07, 6.45) is 0.911. The molecule has 0 spiro atoms. The van der Waals surface area contributed by atoms with Gasteiger partial charge in [-0.25, -0.2) is 4.79 Å². The van der Waals surface area contributed by atoms with E-state index >= 15 is 0 Å². The van der Waals surface area contributed by atoms with E-state index in [2.05, 4.69) is 10.1 Å². The highest BCUT2D eigenvalue weighted by Gasteiger charge is 2.14. The van der Waals surface area contributed by atoms with Crippen LogP contribution in [0.5, 0.6) is 5.75 Å². The highest BCUT2D eigenvalue weighted by atomic mass is 16.5. The minimum Gasteiger partial charge on any atom is -0.494 e. The fourth-order valence-electron chi connectivity index (χ4n) is 1.37. The molecule has 0 bridgehead atoms. The van der Waals surface area contributed by atoms with Crippen LogP contribution in [0.25, 0.3) is 11.5 Å². The SMILES string of the molecule is CCCOc1cccc(-c2nc(C(=O)O)no2)c1. The third kappa shape index (κ3) is 2.65. The summed E-state index contributed by atoms with van der Waals surface area (Å²) in [6.45, 7) is 2.63. The predicted molar refractivity (Wildman–Crippen MR) is 62.5 cm³/mol. The van der Waals surface area contributed by atoms with Crippen LogP contribution in [0.1, 0.15) is 24.0 Å². The first-order valence-electron chi connectivity index (χ1n) is 5.51. The molecule has 0 unspecified atom stereocenters. The van der Waals surface area contributed by atoms with Crippen molar-refractivity contribution in [3.8, 4) is 17.2 Å². The van der Waals surface area contributed by atoms with Crippen LogP contribution in [0.3, 0.4) is 0 Å². The Morgan fingerprint density at radius 1 is 1.50 bits per heavy atom. The Morgan fingerprint density at radius 3 is 3.00 bits per heavy atom. The Morgan fingerprint density at radius 2 is 2.33 bits per heavy atom. The number of rotatable bonds is 5. The summed E-state index contributed by atoms with van der Waals surface area (Å²) in [5, 5.41) is 12.1. The van der Waals surface area contributed by atoms with E-state index in [9.17, 15) is 4.79 Å². The van der Waals surface area contributed by atoms with Gasteiger partial charge in [-0.2, -0.15) is 4.98 Å². The number of hydrogen-bond acceptors (Lipinski definition) is 5. The first kappa shape index (κ1) is 12.1. The summed E-state index contributed by atoms with van der Waals surface area (Å²) >= 11 is 0. The minimum absolute atomic E-state index is 0.161. The van der Waals surface area contributed by atoms with Crippen LogP contribution in [0, 0.1) is 0 Å². The zero-order valence-electron chi connectivity index (χ0n) is 9.79. The van der Waals surface area contributed by atoms with Crippen molar-refractivity contribution in [3.63, 3.8) is 0 Å². The van der Waals surface area contributed by atoms with Gasteiger partial charge in [0.1, 0.15) is 5.75 Å². The Kier molecular flexibility index (Phi) is 3.57.